The Morgan fingerprint density at radius 2 is 1.67 bits per heavy atom. The monoisotopic (exact) mass is 399 g/mol. The average molecular weight is 400 g/mol. The number of aryl methyl sites for hydroxylation is 1. The zero-order chi connectivity index (χ0) is 20.9. The molecule has 0 unspecified atom stereocenters. The van der Waals surface area contributed by atoms with Crippen LogP contribution in [0.2, 0.25) is 0 Å². The highest BCUT2D eigenvalue weighted by Gasteiger charge is 2.22. The highest BCUT2D eigenvalue weighted by Crippen LogP contribution is 2.31. The number of carbonyl (C=O) groups excluding carboxylic acids is 1. The van der Waals surface area contributed by atoms with Gasteiger partial charge in [-0.05, 0) is 65.1 Å². The maximum atomic E-state index is 12.0. The van der Waals surface area contributed by atoms with E-state index in [9.17, 15) is 4.79 Å². The van der Waals surface area contributed by atoms with Crippen LogP contribution in [0.25, 0.3) is 11.1 Å². The third-order valence-corrected chi connectivity index (χ3v) is 5.94. The van der Waals surface area contributed by atoms with Crippen molar-refractivity contribution >= 4 is 5.91 Å². The zero-order valence-corrected chi connectivity index (χ0v) is 17.8. The Morgan fingerprint density at radius 3 is 2.40 bits per heavy atom. The van der Waals surface area contributed by atoms with Crippen molar-refractivity contribution in [3.05, 3.63) is 89.5 Å². The van der Waals surface area contributed by atoms with Gasteiger partial charge >= 0.3 is 0 Å². The van der Waals surface area contributed by atoms with Gasteiger partial charge in [0.2, 0.25) is 5.91 Å². The van der Waals surface area contributed by atoms with E-state index in [1.165, 1.54) is 22.3 Å². The predicted molar refractivity (Wildman–Crippen MR) is 121 cm³/mol. The van der Waals surface area contributed by atoms with Gasteiger partial charge in [-0.1, -0.05) is 60.7 Å². The summed E-state index contributed by atoms with van der Waals surface area (Å²) in [6.07, 6.45) is 3.71. The van der Waals surface area contributed by atoms with Crippen molar-refractivity contribution in [2.45, 2.75) is 32.3 Å². The summed E-state index contributed by atoms with van der Waals surface area (Å²) in [5.41, 5.74) is 6.33. The maximum absolute atomic E-state index is 12.0. The van der Waals surface area contributed by atoms with Gasteiger partial charge in [-0.3, -0.25) is 4.79 Å². The van der Waals surface area contributed by atoms with Crippen LogP contribution in [0.3, 0.4) is 0 Å². The first-order valence-electron chi connectivity index (χ1n) is 10.7. The van der Waals surface area contributed by atoms with Crippen LogP contribution in [-0.2, 0) is 24.2 Å². The summed E-state index contributed by atoms with van der Waals surface area (Å²) in [7, 11) is 3.66. The molecule has 0 aliphatic heterocycles. The van der Waals surface area contributed by atoms with Crippen molar-refractivity contribution in [2.24, 2.45) is 5.92 Å². The number of hydrogen-bond donors (Lipinski definition) is 0. The molecular formula is C27H29NO2. The second-order valence-corrected chi connectivity index (χ2v) is 8.38. The molecule has 3 nitrogen and oxygen atoms in total. The predicted octanol–water partition coefficient (Wildman–Crippen LogP) is 5.52. The molecular weight excluding hydrogens is 370 g/mol. The fourth-order valence-corrected chi connectivity index (χ4v) is 4.09. The Kier molecular flexibility index (Phi) is 6.18. The fraction of sp³-hybridized carbons (Fsp3) is 0.296. The van der Waals surface area contributed by atoms with Gasteiger partial charge in [0.05, 0.1) is 0 Å². The van der Waals surface area contributed by atoms with E-state index >= 15 is 0 Å². The number of rotatable bonds is 6. The number of carbonyl (C=O) groups is 1. The summed E-state index contributed by atoms with van der Waals surface area (Å²) in [6.45, 7) is 0.563. The van der Waals surface area contributed by atoms with E-state index in [4.69, 9.17) is 4.74 Å². The van der Waals surface area contributed by atoms with Crippen LogP contribution in [0.4, 0.5) is 0 Å². The highest BCUT2D eigenvalue weighted by molar-refractivity contribution is 5.75. The maximum Gasteiger partial charge on any atom is 0.222 e. The van der Waals surface area contributed by atoms with Crippen LogP contribution < -0.4 is 4.74 Å². The lowest BCUT2D eigenvalue weighted by Crippen LogP contribution is -2.26. The van der Waals surface area contributed by atoms with Crippen molar-refractivity contribution in [3.8, 4) is 16.9 Å². The summed E-state index contributed by atoms with van der Waals surface area (Å²) < 4.78 is 6.07. The van der Waals surface area contributed by atoms with Gasteiger partial charge in [-0.25, -0.2) is 0 Å². The van der Waals surface area contributed by atoms with Crippen LogP contribution in [-0.4, -0.2) is 24.9 Å². The first kappa shape index (κ1) is 20.2. The van der Waals surface area contributed by atoms with Crippen LogP contribution >= 0.6 is 0 Å². The molecule has 0 bridgehead atoms. The minimum absolute atomic E-state index is 0.224. The van der Waals surface area contributed by atoms with Gasteiger partial charge in [-0.15, -0.1) is 0 Å². The highest BCUT2D eigenvalue weighted by atomic mass is 16.5. The van der Waals surface area contributed by atoms with E-state index in [1.807, 2.05) is 20.2 Å². The molecule has 0 spiro atoms. The summed E-state index contributed by atoms with van der Waals surface area (Å²) in [4.78, 5) is 13.7. The third kappa shape index (κ3) is 4.91. The van der Waals surface area contributed by atoms with E-state index in [-0.39, 0.29) is 5.91 Å². The lowest BCUT2D eigenvalue weighted by molar-refractivity contribution is -0.129. The van der Waals surface area contributed by atoms with Gasteiger partial charge in [0.1, 0.15) is 12.4 Å². The Hall–Kier alpha value is -3.07. The first-order valence-corrected chi connectivity index (χ1v) is 10.7. The molecule has 1 atom stereocenters. The second-order valence-electron chi connectivity index (χ2n) is 8.38. The molecule has 1 amide bonds. The van der Waals surface area contributed by atoms with Crippen LogP contribution in [0.15, 0.2) is 72.8 Å². The lowest BCUT2D eigenvalue weighted by Gasteiger charge is -2.25. The minimum Gasteiger partial charge on any atom is -0.489 e. The SMILES string of the molecule is CN(C)C(=O)C[C@@H]1CCc2cc(OCc3ccc(-c4ccccc4)cc3)ccc2C1. The number of hydrogen-bond acceptors (Lipinski definition) is 2. The van der Waals surface area contributed by atoms with Crippen LogP contribution in [0, 0.1) is 5.92 Å². The van der Waals surface area contributed by atoms with E-state index in [1.54, 1.807) is 4.90 Å². The van der Waals surface area contributed by atoms with Crippen molar-refractivity contribution in [1.29, 1.82) is 0 Å². The van der Waals surface area contributed by atoms with Crippen molar-refractivity contribution < 1.29 is 9.53 Å². The molecule has 154 valence electrons. The molecule has 3 aromatic carbocycles. The zero-order valence-electron chi connectivity index (χ0n) is 17.8. The normalized spacial score (nSPS) is 15.3. The minimum atomic E-state index is 0.224. The standard InChI is InChI=1S/C27H29NO2/c1-28(2)27(29)17-21-10-13-25-18-26(15-14-24(25)16-21)30-19-20-8-11-23(12-9-20)22-6-4-3-5-7-22/h3-9,11-12,14-15,18,21H,10,13,16-17,19H2,1-2H3/t21-/m1/s1. The van der Waals surface area contributed by atoms with E-state index in [0.29, 0.717) is 18.9 Å². The number of ether oxygens (including phenoxy) is 1. The molecule has 0 radical (unpaired) electrons. The molecule has 30 heavy (non-hydrogen) atoms. The van der Waals surface area contributed by atoms with Crippen LogP contribution in [0.1, 0.15) is 29.5 Å². The summed E-state index contributed by atoms with van der Waals surface area (Å²) in [6, 6.07) is 25.4. The number of fused-ring (bicyclic) bond motifs is 1. The van der Waals surface area contributed by atoms with Crippen molar-refractivity contribution in [1.82, 2.24) is 4.90 Å². The molecule has 0 heterocycles. The van der Waals surface area contributed by atoms with E-state index in [0.717, 1.165) is 30.6 Å². The third-order valence-electron chi connectivity index (χ3n) is 5.94. The topological polar surface area (TPSA) is 29.5 Å². The first-order chi connectivity index (χ1) is 14.6. The number of benzene rings is 3. The molecule has 1 aliphatic rings. The molecule has 4 rings (SSSR count). The Labute approximate surface area is 179 Å². The molecule has 0 N–H and O–H groups in total. The largest absolute Gasteiger partial charge is 0.489 e. The molecule has 3 heteroatoms. The van der Waals surface area contributed by atoms with E-state index in [2.05, 4.69) is 66.7 Å². The van der Waals surface area contributed by atoms with Crippen molar-refractivity contribution in [2.75, 3.05) is 14.1 Å². The molecule has 0 saturated carbocycles. The van der Waals surface area contributed by atoms with Gasteiger partial charge in [0, 0.05) is 20.5 Å². The summed E-state index contributed by atoms with van der Waals surface area (Å²) >= 11 is 0. The molecule has 0 fully saturated rings. The number of amides is 1. The lowest BCUT2D eigenvalue weighted by atomic mass is 9.82. The Morgan fingerprint density at radius 1 is 0.933 bits per heavy atom. The Balaban J connectivity index is 1.35. The van der Waals surface area contributed by atoms with Gasteiger partial charge in [0.25, 0.3) is 0 Å². The van der Waals surface area contributed by atoms with E-state index < -0.39 is 0 Å². The summed E-state index contributed by atoms with van der Waals surface area (Å²) in [5.74, 6) is 1.59. The fourth-order valence-electron chi connectivity index (χ4n) is 4.09. The molecule has 0 aromatic heterocycles. The molecule has 1 aliphatic carbocycles. The smallest absolute Gasteiger partial charge is 0.222 e. The van der Waals surface area contributed by atoms with Gasteiger partial charge < -0.3 is 9.64 Å². The molecule has 3 aromatic rings. The van der Waals surface area contributed by atoms with Crippen molar-refractivity contribution in [3.63, 3.8) is 0 Å². The van der Waals surface area contributed by atoms with Gasteiger partial charge in [-0.2, -0.15) is 0 Å². The van der Waals surface area contributed by atoms with Gasteiger partial charge in [0.15, 0.2) is 0 Å². The van der Waals surface area contributed by atoms with Crippen LogP contribution in [0.5, 0.6) is 5.75 Å². The number of nitrogens with zero attached hydrogens (tertiary/aromatic N) is 1. The molecule has 0 saturated heterocycles. The average Bonchev–Trinajstić information content (AvgIpc) is 2.78. The quantitative estimate of drug-likeness (QED) is 0.546. The second kappa shape index (κ2) is 9.17. The Bertz CT molecular complexity index is 993. The summed E-state index contributed by atoms with van der Waals surface area (Å²) in [5, 5.41) is 0.